The fraction of sp³-hybridized carbons (Fsp3) is 0.357. The topological polar surface area (TPSA) is 34.0 Å². The summed E-state index contributed by atoms with van der Waals surface area (Å²) in [5, 5.41) is 4.69. The zero-order chi connectivity index (χ0) is 13.0. The number of carbonyl (C=O) groups is 1. The zero-order valence-corrected chi connectivity index (χ0v) is 11.2. The van der Waals surface area contributed by atoms with Crippen molar-refractivity contribution in [2.45, 2.75) is 26.3 Å². The van der Waals surface area contributed by atoms with Crippen molar-refractivity contribution < 1.29 is 4.79 Å². The molecule has 2 rings (SSSR count). The van der Waals surface area contributed by atoms with Crippen molar-refractivity contribution in [3.8, 4) is 0 Å². The van der Waals surface area contributed by atoms with E-state index in [-0.39, 0.29) is 5.91 Å². The molecule has 0 unspecified atom stereocenters. The van der Waals surface area contributed by atoms with Crippen LogP contribution in [0.5, 0.6) is 0 Å². The lowest BCUT2D eigenvalue weighted by Gasteiger charge is -2.06. The van der Waals surface area contributed by atoms with E-state index in [1.54, 1.807) is 0 Å². The van der Waals surface area contributed by atoms with Gasteiger partial charge in [0, 0.05) is 28.7 Å². The molecule has 0 aliphatic heterocycles. The molecule has 0 saturated heterocycles. The normalized spacial score (nSPS) is 10.8. The highest BCUT2D eigenvalue weighted by Crippen LogP contribution is 2.20. The summed E-state index contributed by atoms with van der Waals surface area (Å²) in [6.45, 7) is 3.21. The fourth-order valence-corrected chi connectivity index (χ4v) is 2.10. The molecule has 0 bridgehead atoms. The number of nitrogens with one attached hydrogen (secondary N) is 1. The number of halogens is 1. The Labute approximate surface area is 112 Å². The van der Waals surface area contributed by atoms with Crippen molar-refractivity contribution in [2.75, 3.05) is 6.54 Å². The number of rotatable bonds is 5. The van der Waals surface area contributed by atoms with Crippen LogP contribution in [0.25, 0.3) is 10.9 Å². The van der Waals surface area contributed by atoms with Gasteiger partial charge in [-0.25, -0.2) is 0 Å². The van der Waals surface area contributed by atoms with Crippen molar-refractivity contribution >= 4 is 28.4 Å². The summed E-state index contributed by atoms with van der Waals surface area (Å²) in [6.07, 6.45) is 4.03. The summed E-state index contributed by atoms with van der Waals surface area (Å²) in [7, 11) is 0. The Morgan fingerprint density at radius 3 is 3.00 bits per heavy atom. The third-order valence-electron chi connectivity index (χ3n) is 2.90. The van der Waals surface area contributed by atoms with Crippen LogP contribution in [-0.4, -0.2) is 17.0 Å². The van der Waals surface area contributed by atoms with Gasteiger partial charge in [0.25, 0.3) is 0 Å². The molecule has 1 N–H and O–H groups in total. The predicted molar refractivity (Wildman–Crippen MR) is 74.9 cm³/mol. The maximum absolute atomic E-state index is 11.7. The molecule has 0 saturated carbocycles. The van der Waals surface area contributed by atoms with Crippen LogP contribution in [0.3, 0.4) is 0 Å². The standard InChI is InChI=1S/C14H17ClN2O/c1-2-3-7-16-14(18)10-17-8-6-11-9-12(15)4-5-13(11)17/h4-6,8-9H,2-3,7,10H2,1H3,(H,16,18). The van der Waals surface area contributed by atoms with E-state index in [0.29, 0.717) is 11.6 Å². The van der Waals surface area contributed by atoms with Gasteiger partial charge >= 0.3 is 0 Å². The van der Waals surface area contributed by atoms with E-state index in [1.807, 2.05) is 35.0 Å². The van der Waals surface area contributed by atoms with E-state index in [9.17, 15) is 4.79 Å². The van der Waals surface area contributed by atoms with Crippen LogP contribution in [0.4, 0.5) is 0 Å². The zero-order valence-electron chi connectivity index (χ0n) is 10.4. The molecule has 0 atom stereocenters. The summed E-state index contributed by atoms with van der Waals surface area (Å²) < 4.78 is 1.94. The Bertz CT molecular complexity index is 548. The first-order chi connectivity index (χ1) is 8.70. The molecule has 1 amide bonds. The lowest BCUT2D eigenvalue weighted by Crippen LogP contribution is -2.28. The Balaban J connectivity index is 2.05. The second-order valence-electron chi connectivity index (χ2n) is 4.35. The maximum atomic E-state index is 11.7. The van der Waals surface area contributed by atoms with Gasteiger partial charge in [-0.2, -0.15) is 0 Å². The van der Waals surface area contributed by atoms with Crippen molar-refractivity contribution in [3.05, 3.63) is 35.5 Å². The minimum absolute atomic E-state index is 0.0518. The van der Waals surface area contributed by atoms with Gasteiger partial charge in [-0.05, 0) is 30.7 Å². The molecule has 0 fully saturated rings. The van der Waals surface area contributed by atoms with Gasteiger partial charge in [-0.1, -0.05) is 24.9 Å². The van der Waals surface area contributed by atoms with E-state index in [0.717, 1.165) is 30.3 Å². The van der Waals surface area contributed by atoms with Crippen molar-refractivity contribution in [1.82, 2.24) is 9.88 Å². The third-order valence-corrected chi connectivity index (χ3v) is 3.13. The highest BCUT2D eigenvalue weighted by atomic mass is 35.5. The fourth-order valence-electron chi connectivity index (χ4n) is 1.92. The number of aromatic nitrogens is 1. The minimum atomic E-state index is 0.0518. The molecule has 1 aromatic heterocycles. The molecule has 3 nitrogen and oxygen atoms in total. The van der Waals surface area contributed by atoms with E-state index >= 15 is 0 Å². The SMILES string of the molecule is CCCCNC(=O)Cn1ccc2cc(Cl)ccc21. The summed E-state index contributed by atoms with van der Waals surface area (Å²) in [5.74, 6) is 0.0518. The van der Waals surface area contributed by atoms with Crippen molar-refractivity contribution in [1.29, 1.82) is 0 Å². The Morgan fingerprint density at radius 2 is 2.22 bits per heavy atom. The van der Waals surface area contributed by atoms with Gasteiger partial charge in [0.15, 0.2) is 0 Å². The highest BCUT2D eigenvalue weighted by Gasteiger charge is 2.05. The average molecular weight is 265 g/mol. The Hall–Kier alpha value is -1.48. The molecule has 1 aromatic carbocycles. The third kappa shape index (κ3) is 3.05. The van der Waals surface area contributed by atoms with E-state index < -0.39 is 0 Å². The van der Waals surface area contributed by atoms with Gasteiger partial charge in [-0.15, -0.1) is 0 Å². The van der Waals surface area contributed by atoms with Gasteiger partial charge < -0.3 is 9.88 Å². The highest BCUT2D eigenvalue weighted by molar-refractivity contribution is 6.31. The molecule has 1 heterocycles. The molecule has 2 aromatic rings. The van der Waals surface area contributed by atoms with E-state index in [4.69, 9.17) is 11.6 Å². The molecule has 96 valence electrons. The number of fused-ring (bicyclic) bond motifs is 1. The van der Waals surface area contributed by atoms with Crippen LogP contribution < -0.4 is 5.32 Å². The second-order valence-corrected chi connectivity index (χ2v) is 4.79. The number of nitrogens with zero attached hydrogens (tertiary/aromatic N) is 1. The quantitative estimate of drug-likeness (QED) is 0.827. The molecule has 0 aliphatic rings. The molecule has 0 spiro atoms. The summed E-state index contributed by atoms with van der Waals surface area (Å²) in [6, 6.07) is 7.66. The number of amides is 1. The maximum Gasteiger partial charge on any atom is 0.239 e. The number of hydrogen-bond acceptors (Lipinski definition) is 1. The van der Waals surface area contributed by atoms with E-state index in [2.05, 4.69) is 12.2 Å². The van der Waals surface area contributed by atoms with Crippen LogP contribution in [0.1, 0.15) is 19.8 Å². The molecule has 18 heavy (non-hydrogen) atoms. The van der Waals surface area contributed by atoms with Crippen LogP contribution in [0.15, 0.2) is 30.5 Å². The summed E-state index contributed by atoms with van der Waals surface area (Å²) in [4.78, 5) is 11.7. The van der Waals surface area contributed by atoms with Gasteiger partial charge in [-0.3, -0.25) is 4.79 Å². The van der Waals surface area contributed by atoms with Crippen molar-refractivity contribution in [3.63, 3.8) is 0 Å². The van der Waals surface area contributed by atoms with Gasteiger partial charge in [0.1, 0.15) is 6.54 Å². The number of unbranched alkanes of at least 4 members (excludes halogenated alkanes) is 1. The smallest absolute Gasteiger partial charge is 0.239 e. The average Bonchev–Trinajstić information content (AvgIpc) is 2.72. The molecule has 0 aliphatic carbocycles. The monoisotopic (exact) mass is 264 g/mol. The first kappa shape index (κ1) is 13.0. The van der Waals surface area contributed by atoms with Crippen LogP contribution in [0.2, 0.25) is 5.02 Å². The van der Waals surface area contributed by atoms with Crippen LogP contribution in [0, 0.1) is 0 Å². The largest absolute Gasteiger partial charge is 0.355 e. The van der Waals surface area contributed by atoms with Gasteiger partial charge in [0.2, 0.25) is 5.91 Å². The van der Waals surface area contributed by atoms with Crippen LogP contribution in [-0.2, 0) is 11.3 Å². The van der Waals surface area contributed by atoms with Crippen LogP contribution >= 0.6 is 11.6 Å². The van der Waals surface area contributed by atoms with Gasteiger partial charge in [0.05, 0.1) is 0 Å². The summed E-state index contributed by atoms with van der Waals surface area (Å²) in [5.41, 5.74) is 1.03. The minimum Gasteiger partial charge on any atom is -0.355 e. The Morgan fingerprint density at radius 1 is 1.39 bits per heavy atom. The molecule has 4 heteroatoms. The predicted octanol–water partition coefficient (Wildman–Crippen LogP) is 3.21. The first-order valence-corrected chi connectivity index (χ1v) is 6.59. The van der Waals surface area contributed by atoms with E-state index in [1.165, 1.54) is 0 Å². The second kappa shape index (κ2) is 5.91. The number of benzene rings is 1. The lowest BCUT2D eigenvalue weighted by atomic mass is 10.2. The number of hydrogen-bond donors (Lipinski definition) is 1. The molecule has 0 radical (unpaired) electrons. The summed E-state index contributed by atoms with van der Waals surface area (Å²) >= 11 is 5.93. The Kier molecular flexibility index (Phi) is 4.26. The first-order valence-electron chi connectivity index (χ1n) is 6.22. The molecular formula is C14H17ClN2O. The van der Waals surface area contributed by atoms with Crippen molar-refractivity contribution in [2.24, 2.45) is 0 Å². The number of carbonyl (C=O) groups excluding carboxylic acids is 1. The molecular weight excluding hydrogens is 248 g/mol. The lowest BCUT2D eigenvalue weighted by molar-refractivity contribution is -0.121.